The van der Waals surface area contributed by atoms with Gasteiger partial charge in [0.25, 0.3) is 5.91 Å². The topological polar surface area (TPSA) is 38.3 Å². The maximum absolute atomic E-state index is 12.8. The molecule has 2 fully saturated rings. The zero-order chi connectivity index (χ0) is 14.8. The van der Waals surface area contributed by atoms with Crippen LogP contribution in [0.4, 0.5) is 4.39 Å². The lowest BCUT2D eigenvalue weighted by Crippen LogP contribution is -2.42. The number of amides is 1. The van der Waals surface area contributed by atoms with E-state index in [1.807, 2.05) is 0 Å². The van der Waals surface area contributed by atoms with Gasteiger partial charge in [0.1, 0.15) is 11.6 Å². The lowest BCUT2D eigenvalue weighted by Gasteiger charge is -2.28. The summed E-state index contributed by atoms with van der Waals surface area (Å²) in [6.45, 7) is 2.08. The third kappa shape index (κ3) is 3.36. The van der Waals surface area contributed by atoms with Crippen molar-refractivity contribution in [3.05, 3.63) is 30.1 Å². The van der Waals surface area contributed by atoms with Crippen LogP contribution in [0.15, 0.2) is 24.3 Å². The van der Waals surface area contributed by atoms with E-state index in [1.54, 1.807) is 0 Å². The fourth-order valence-corrected chi connectivity index (χ4v) is 3.99. The van der Waals surface area contributed by atoms with E-state index in [9.17, 15) is 9.18 Å². The molecule has 0 aliphatic heterocycles. The van der Waals surface area contributed by atoms with Crippen molar-refractivity contribution >= 4 is 5.91 Å². The Bertz CT molecular complexity index is 502. The second-order valence-corrected chi connectivity index (χ2v) is 6.44. The summed E-state index contributed by atoms with van der Waals surface area (Å²) in [7, 11) is 0. The molecule has 0 spiro atoms. The van der Waals surface area contributed by atoms with Crippen LogP contribution in [0.2, 0.25) is 0 Å². The van der Waals surface area contributed by atoms with Gasteiger partial charge in [-0.2, -0.15) is 0 Å². The van der Waals surface area contributed by atoms with Crippen LogP contribution >= 0.6 is 0 Å². The molecule has 21 heavy (non-hydrogen) atoms. The average Bonchev–Trinajstić information content (AvgIpc) is 3.09. The summed E-state index contributed by atoms with van der Waals surface area (Å²) in [5.74, 6) is 2.40. The number of hydrogen-bond donors (Lipinski definition) is 1. The van der Waals surface area contributed by atoms with Gasteiger partial charge in [-0.15, -0.1) is 0 Å². The first-order valence-corrected chi connectivity index (χ1v) is 7.79. The van der Waals surface area contributed by atoms with Crippen molar-refractivity contribution in [3.8, 4) is 5.75 Å². The standard InChI is InChI=1S/C17H22FNO2/c1-11(16-9-12-2-3-13(16)8-12)19-17(20)10-21-15-6-4-14(18)5-7-15/h4-7,11-13,16H,2-3,8-10H2,1H3,(H,19,20). The lowest BCUT2D eigenvalue weighted by atomic mass is 9.84. The van der Waals surface area contributed by atoms with E-state index >= 15 is 0 Å². The minimum Gasteiger partial charge on any atom is -0.484 e. The van der Waals surface area contributed by atoms with Crippen molar-refractivity contribution in [2.45, 2.75) is 38.6 Å². The van der Waals surface area contributed by atoms with Gasteiger partial charge in [0.15, 0.2) is 6.61 Å². The van der Waals surface area contributed by atoms with Gasteiger partial charge >= 0.3 is 0 Å². The van der Waals surface area contributed by atoms with Crippen molar-refractivity contribution in [3.63, 3.8) is 0 Å². The molecule has 2 aliphatic carbocycles. The third-order valence-electron chi connectivity index (χ3n) is 5.01. The molecular weight excluding hydrogens is 269 g/mol. The maximum atomic E-state index is 12.8. The number of fused-ring (bicyclic) bond motifs is 2. The summed E-state index contributed by atoms with van der Waals surface area (Å²) in [6, 6.07) is 5.92. The molecule has 1 aromatic rings. The van der Waals surface area contributed by atoms with Crippen LogP contribution in [0.1, 0.15) is 32.6 Å². The van der Waals surface area contributed by atoms with Crippen LogP contribution in [0.5, 0.6) is 5.75 Å². The molecule has 0 radical (unpaired) electrons. The quantitative estimate of drug-likeness (QED) is 0.905. The maximum Gasteiger partial charge on any atom is 0.258 e. The Morgan fingerprint density at radius 1 is 1.33 bits per heavy atom. The minimum absolute atomic E-state index is 0.0171. The zero-order valence-electron chi connectivity index (χ0n) is 12.3. The number of nitrogens with one attached hydrogen (secondary N) is 1. The Morgan fingerprint density at radius 3 is 2.71 bits per heavy atom. The second-order valence-electron chi connectivity index (χ2n) is 6.44. The second kappa shape index (κ2) is 6.04. The SMILES string of the molecule is CC(NC(=O)COc1ccc(F)cc1)C1CC2CCC1C2. The van der Waals surface area contributed by atoms with E-state index in [2.05, 4.69) is 12.2 Å². The molecule has 4 heteroatoms. The summed E-state index contributed by atoms with van der Waals surface area (Å²) >= 11 is 0. The fraction of sp³-hybridized carbons (Fsp3) is 0.588. The highest BCUT2D eigenvalue weighted by Gasteiger charge is 2.42. The fourth-order valence-electron chi connectivity index (χ4n) is 3.99. The van der Waals surface area contributed by atoms with E-state index in [-0.39, 0.29) is 24.4 Å². The first-order chi connectivity index (χ1) is 10.1. The highest BCUT2D eigenvalue weighted by atomic mass is 19.1. The van der Waals surface area contributed by atoms with E-state index in [1.165, 1.54) is 49.9 Å². The van der Waals surface area contributed by atoms with Crippen LogP contribution in [0.3, 0.4) is 0 Å². The molecule has 2 bridgehead atoms. The number of benzene rings is 1. The summed E-state index contributed by atoms with van der Waals surface area (Å²) in [5.41, 5.74) is 0. The van der Waals surface area contributed by atoms with Crippen LogP contribution in [0.25, 0.3) is 0 Å². The van der Waals surface area contributed by atoms with Gasteiger partial charge in [-0.3, -0.25) is 4.79 Å². The van der Waals surface area contributed by atoms with Gasteiger partial charge in [0.2, 0.25) is 0 Å². The van der Waals surface area contributed by atoms with Gasteiger partial charge in [-0.05, 0) is 68.2 Å². The van der Waals surface area contributed by atoms with Gasteiger partial charge in [-0.25, -0.2) is 4.39 Å². The summed E-state index contributed by atoms with van der Waals surface area (Å²) in [4.78, 5) is 11.9. The molecule has 0 aromatic heterocycles. The predicted molar refractivity (Wildman–Crippen MR) is 78.4 cm³/mol. The number of ether oxygens (including phenoxy) is 1. The molecule has 2 saturated carbocycles. The molecule has 3 nitrogen and oxygen atoms in total. The van der Waals surface area contributed by atoms with Gasteiger partial charge in [0, 0.05) is 6.04 Å². The Hall–Kier alpha value is -1.58. The zero-order valence-corrected chi connectivity index (χ0v) is 12.3. The summed E-state index contributed by atoms with van der Waals surface area (Å²) in [6.07, 6.45) is 5.29. The summed E-state index contributed by atoms with van der Waals surface area (Å²) in [5, 5.41) is 3.05. The van der Waals surface area contributed by atoms with Gasteiger partial charge in [-0.1, -0.05) is 6.42 Å². The van der Waals surface area contributed by atoms with E-state index in [0.717, 1.165) is 11.8 Å². The molecule has 114 valence electrons. The number of carbonyl (C=O) groups is 1. The van der Waals surface area contributed by atoms with Crippen LogP contribution in [0, 0.1) is 23.6 Å². The Balaban J connectivity index is 1.44. The highest BCUT2D eigenvalue weighted by molar-refractivity contribution is 5.77. The Kier molecular flexibility index (Phi) is 4.13. The number of carbonyl (C=O) groups excluding carboxylic acids is 1. The smallest absolute Gasteiger partial charge is 0.258 e. The van der Waals surface area contributed by atoms with Crippen LogP contribution in [-0.2, 0) is 4.79 Å². The van der Waals surface area contributed by atoms with E-state index in [4.69, 9.17) is 4.74 Å². The number of halogens is 1. The monoisotopic (exact) mass is 291 g/mol. The van der Waals surface area contributed by atoms with Crippen molar-refractivity contribution in [2.24, 2.45) is 17.8 Å². The molecule has 1 amide bonds. The first kappa shape index (κ1) is 14.4. The Labute approximate surface area is 124 Å². The highest BCUT2D eigenvalue weighted by Crippen LogP contribution is 2.49. The van der Waals surface area contributed by atoms with Crippen molar-refractivity contribution in [2.75, 3.05) is 6.61 Å². The first-order valence-electron chi connectivity index (χ1n) is 7.79. The molecule has 0 saturated heterocycles. The molecular formula is C17H22FNO2. The summed E-state index contributed by atoms with van der Waals surface area (Å²) < 4.78 is 18.1. The van der Waals surface area contributed by atoms with Crippen molar-refractivity contribution in [1.82, 2.24) is 5.32 Å². The van der Waals surface area contributed by atoms with Crippen molar-refractivity contribution < 1.29 is 13.9 Å². The molecule has 4 unspecified atom stereocenters. The van der Waals surface area contributed by atoms with Crippen molar-refractivity contribution in [1.29, 1.82) is 0 Å². The largest absolute Gasteiger partial charge is 0.484 e. The normalized spacial score (nSPS) is 28.4. The number of rotatable bonds is 5. The average molecular weight is 291 g/mol. The predicted octanol–water partition coefficient (Wildman–Crippen LogP) is 3.15. The molecule has 1 N–H and O–H groups in total. The van der Waals surface area contributed by atoms with Gasteiger partial charge in [0.05, 0.1) is 0 Å². The molecule has 1 aromatic carbocycles. The molecule has 0 heterocycles. The molecule has 2 aliphatic rings. The molecule has 4 atom stereocenters. The third-order valence-corrected chi connectivity index (χ3v) is 5.01. The lowest BCUT2D eigenvalue weighted by molar-refractivity contribution is -0.124. The molecule has 3 rings (SSSR count). The number of hydrogen-bond acceptors (Lipinski definition) is 2. The Morgan fingerprint density at radius 2 is 2.10 bits per heavy atom. The van der Waals surface area contributed by atoms with Crippen LogP contribution < -0.4 is 10.1 Å². The van der Waals surface area contributed by atoms with Crippen LogP contribution in [-0.4, -0.2) is 18.6 Å². The van der Waals surface area contributed by atoms with E-state index < -0.39 is 0 Å². The van der Waals surface area contributed by atoms with E-state index in [0.29, 0.717) is 11.7 Å². The van der Waals surface area contributed by atoms with Gasteiger partial charge < -0.3 is 10.1 Å². The minimum atomic E-state index is -0.309.